The summed E-state index contributed by atoms with van der Waals surface area (Å²) in [5, 5.41) is 3.31. The number of rotatable bonds is 5. The summed E-state index contributed by atoms with van der Waals surface area (Å²) in [6.07, 6.45) is -2.60. The van der Waals surface area contributed by atoms with Crippen LogP contribution in [-0.2, 0) is 0 Å². The van der Waals surface area contributed by atoms with Gasteiger partial charge < -0.3 is 10.1 Å². The van der Waals surface area contributed by atoms with Gasteiger partial charge in [-0.1, -0.05) is 25.5 Å². The van der Waals surface area contributed by atoms with Crippen molar-refractivity contribution in [3.8, 4) is 5.75 Å². The molecule has 1 aromatic carbocycles. The van der Waals surface area contributed by atoms with E-state index in [2.05, 4.69) is 21.9 Å². The Bertz CT molecular complexity index is 437. The first-order chi connectivity index (χ1) is 9.99. The molecule has 0 unspecified atom stereocenters. The van der Waals surface area contributed by atoms with E-state index in [0.29, 0.717) is 0 Å². The highest BCUT2D eigenvalue weighted by atomic mass is 35.5. The van der Waals surface area contributed by atoms with Crippen LogP contribution in [0.5, 0.6) is 5.75 Å². The molecule has 2 rings (SSSR count). The number of hydrogen-bond donors (Lipinski definition) is 1. The Kier molecular flexibility index (Phi) is 9.93. The molecule has 23 heavy (non-hydrogen) atoms. The van der Waals surface area contributed by atoms with Gasteiger partial charge in [-0.05, 0) is 24.1 Å². The fourth-order valence-corrected chi connectivity index (χ4v) is 2.72. The average molecular weight is 375 g/mol. The van der Waals surface area contributed by atoms with Crippen LogP contribution in [0.4, 0.5) is 13.2 Å². The van der Waals surface area contributed by atoms with Gasteiger partial charge in [-0.3, -0.25) is 4.90 Å². The van der Waals surface area contributed by atoms with Crippen molar-refractivity contribution in [2.45, 2.75) is 32.2 Å². The lowest BCUT2D eigenvalue weighted by Crippen LogP contribution is -2.45. The molecule has 1 fully saturated rings. The highest BCUT2D eigenvalue weighted by Gasteiger charge is 2.31. The molecule has 0 saturated carbocycles. The van der Waals surface area contributed by atoms with Crippen LogP contribution in [0.1, 0.15) is 31.4 Å². The molecule has 1 aliphatic heterocycles. The molecule has 8 heteroatoms. The van der Waals surface area contributed by atoms with Crippen molar-refractivity contribution < 1.29 is 17.9 Å². The second kappa shape index (κ2) is 10.2. The van der Waals surface area contributed by atoms with Gasteiger partial charge in [0.1, 0.15) is 5.75 Å². The molecule has 0 radical (unpaired) electrons. The zero-order chi connectivity index (χ0) is 15.3. The second-order valence-corrected chi connectivity index (χ2v) is 5.21. The molecule has 1 saturated heterocycles. The third kappa shape index (κ3) is 7.16. The van der Waals surface area contributed by atoms with Crippen molar-refractivity contribution in [1.29, 1.82) is 0 Å². The zero-order valence-corrected chi connectivity index (χ0v) is 14.6. The number of alkyl halides is 3. The maximum absolute atomic E-state index is 12.2. The van der Waals surface area contributed by atoms with E-state index in [-0.39, 0.29) is 36.6 Å². The number of piperazine rings is 1. The highest BCUT2D eigenvalue weighted by molar-refractivity contribution is 5.85. The predicted octanol–water partition coefficient (Wildman–Crippen LogP) is 4.18. The van der Waals surface area contributed by atoms with Crippen molar-refractivity contribution in [3.05, 3.63) is 29.8 Å². The number of ether oxygens (including phenoxy) is 1. The minimum absolute atomic E-state index is 0. The fraction of sp³-hybridized carbons (Fsp3) is 0.600. The molecule has 0 aromatic heterocycles. The first-order valence-electron chi connectivity index (χ1n) is 7.30. The molecule has 0 bridgehead atoms. The average Bonchev–Trinajstić information content (AvgIpc) is 2.45. The van der Waals surface area contributed by atoms with Crippen LogP contribution in [0.2, 0.25) is 0 Å². The van der Waals surface area contributed by atoms with E-state index >= 15 is 0 Å². The Morgan fingerprint density at radius 2 is 1.70 bits per heavy atom. The quantitative estimate of drug-likeness (QED) is 0.836. The lowest BCUT2D eigenvalue weighted by atomic mass is 10.00. The number of nitrogens with one attached hydrogen (secondary N) is 1. The fourth-order valence-electron chi connectivity index (χ4n) is 2.72. The summed E-state index contributed by atoms with van der Waals surface area (Å²) in [6, 6.07) is 6.53. The summed E-state index contributed by atoms with van der Waals surface area (Å²) in [7, 11) is 0. The number of halogens is 5. The molecule has 0 spiro atoms. The van der Waals surface area contributed by atoms with Crippen molar-refractivity contribution in [3.63, 3.8) is 0 Å². The van der Waals surface area contributed by atoms with Crippen molar-refractivity contribution in [1.82, 2.24) is 10.2 Å². The van der Waals surface area contributed by atoms with Crippen molar-refractivity contribution in [2.75, 3.05) is 26.2 Å². The normalized spacial score (nSPS) is 16.9. The topological polar surface area (TPSA) is 24.5 Å². The molecule has 1 heterocycles. The minimum Gasteiger partial charge on any atom is -0.406 e. The lowest BCUT2D eigenvalue weighted by Gasteiger charge is -2.35. The van der Waals surface area contributed by atoms with Crippen LogP contribution < -0.4 is 10.1 Å². The van der Waals surface area contributed by atoms with E-state index < -0.39 is 6.36 Å². The van der Waals surface area contributed by atoms with Gasteiger partial charge in [0.25, 0.3) is 0 Å². The Morgan fingerprint density at radius 1 is 1.13 bits per heavy atom. The lowest BCUT2D eigenvalue weighted by molar-refractivity contribution is -0.274. The van der Waals surface area contributed by atoms with Crippen molar-refractivity contribution >= 4 is 24.8 Å². The van der Waals surface area contributed by atoms with Gasteiger partial charge in [-0.2, -0.15) is 0 Å². The van der Waals surface area contributed by atoms with E-state index in [4.69, 9.17) is 0 Å². The van der Waals surface area contributed by atoms with E-state index in [1.54, 1.807) is 12.1 Å². The van der Waals surface area contributed by atoms with Crippen LogP contribution in [-0.4, -0.2) is 37.4 Å². The molecular formula is C15H23Cl2F3N2O. The van der Waals surface area contributed by atoms with Gasteiger partial charge in [0.05, 0.1) is 0 Å². The summed E-state index contributed by atoms with van der Waals surface area (Å²) in [5.74, 6) is -0.165. The summed E-state index contributed by atoms with van der Waals surface area (Å²) >= 11 is 0. The monoisotopic (exact) mass is 374 g/mol. The van der Waals surface area contributed by atoms with Crippen LogP contribution in [0.3, 0.4) is 0 Å². The highest BCUT2D eigenvalue weighted by Crippen LogP contribution is 2.29. The number of hydrogen-bond acceptors (Lipinski definition) is 3. The third-order valence-corrected chi connectivity index (χ3v) is 3.65. The molecule has 1 atom stereocenters. The van der Waals surface area contributed by atoms with Gasteiger partial charge in [0.2, 0.25) is 0 Å². The molecule has 1 aromatic rings. The molecule has 1 N–H and O–H groups in total. The van der Waals surface area contributed by atoms with Crippen LogP contribution in [0.25, 0.3) is 0 Å². The SMILES string of the molecule is CCC[C@H](c1ccc(OC(F)(F)F)cc1)N1CCNCC1.Cl.Cl. The molecule has 0 aliphatic carbocycles. The van der Waals surface area contributed by atoms with E-state index in [9.17, 15) is 13.2 Å². The standard InChI is InChI=1S/C15H21F3N2O.2ClH/c1-2-3-14(20-10-8-19-9-11-20)12-4-6-13(7-5-12)21-15(16,17)18;;/h4-7,14,19H,2-3,8-11H2,1H3;2*1H/t14-;;/m1../s1. The molecular weight excluding hydrogens is 352 g/mol. The Hall–Kier alpha value is -0.690. The summed E-state index contributed by atoms with van der Waals surface area (Å²) < 4.78 is 40.4. The third-order valence-electron chi connectivity index (χ3n) is 3.65. The molecule has 134 valence electrons. The second-order valence-electron chi connectivity index (χ2n) is 5.21. The maximum Gasteiger partial charge on any atom is 0.573 e. The number of nitrogens with zero attached hydrogens (tertiary/aromatic N) is 1. The molecule has 1 aliphatic rings. The van der Waals surface area contributed by atoms with Gasteiger partial charge in [-0.25, -0.2) is 0 Å². The Balaban J connectivity index is 0.00000242. The van der Waals surface area contributed by atoms with Crippen LogP contribution in [0.15, 0.2) is 24.3 Å². The smallest absolute Gasteiger partial charge is 0.406 e. The first kappa shape index (κ1) is 22.3. The first-order valence-corrected chi connectivity index (χ1v) is 7.30. The summed E-state index contributed by atoms with van der Waals surface area (Å²) in [6.45, 7) is 5.96. The van der Waals surface area contributed by atoms with Gasteiger partial charge in [0, 0.05) is 32.2 Å². The summed E-state index contributed by atoms with van der Waals surface area (Å²) in [5.41, 5.74) is 1.05. The van der Waals surface area contributed by atoms with Crippen LogP contribution >= 0.6 is 24.8 Å². The van der Waals surface area contributed by atoms with E-state index in [1.165, 1.54) is 12.1 Å². The zero-order valence-electron chi connectivity index (χ0n) is 12.9. The van der Waals surface area contributed by atoms with Gasteiger partial charge >= 0.3 is 6.36 Å². The maximum atomic E-state index is 12.2. The van der Waals surface area contributed by atoms with E-state index in [0.717, 1.165) is 44.6 Å². The van der Waals surface area contributed by atoms with Gasteiger partial charge in [-0.15, -0.1) is 38.0 Å². The largest absolute Gasteiger partial charge is 0.573 e. The Labute approximate surface area is 147 Å². The van der Waals surface area contributed by atoms with Crippen LogP contribution in [0, 0.1) is 0 Å². The van der Waals surface area contributed by atoms with Gasteiger partial charge in [0.15, 0.2) is 0 Å². The van der Waals surface area contributed by atoms with Crippen molar-refractivity contribution in [2.24, 2.45) is 0 Å². The molecule has 0 amide bonds. The predicted molar refractivity (Wildman–Crippen MR) is 89.7 cm³/mol. The molecule has 3 nitrogen and oxygen atoms in total. The minimum atomic E-state index is -4.64. The van der Waals surface area contributed by atoms with E-state index in [1.807, 2.05) is 0 Å². The summed E-state index contributed by atoms with van der Waals surface area (Å²) in [4.78, 5) is 2.39. The number of benzene rings is 1. The Morgan fingerprint density at radius 3 is 2.17 bits per heavy atom.